The van der Waals surface area contributed by atoms with Gasteiger partial charge in [-0.25, -0.2) is 0 Å². The van der Waals surface area contributed by atoms with Gasteiger partial charge in [-0.05, 0) is 32.8 Å². The maximum atomic E-state index is 11.9. The minimum Gasteiger partial charge on any atom is -0.368 e. The van der Waals surface area contributed by atoms with Crippen LogP contribution >= 0.6 is 0 Å². The summed E-state index contributed by atoms with van der Waals surface area (Å²) in [6.07, 6.45) is 1.33. The van der Waals surface area contributed by atoms with Crippen LogP contribution in [0, 0.1) is 0 Å². The topological polar surface area (TPSA) is 26.3 Å². The van der Waals surface area contributed by atoms with Gasteiger partial charge in [0.2, 0.25) is 0 Å². The van der Waals surface area contributed by atoms with Crippen LogP contribution in [0.25, 0.3) is 0 Å². The van der Waals surface area contributed by atoms with Gasteiger partial charge in [0.25, 0.3) is 0 Å². The zero-order valence-corrected chi connectivity index (χ0v) is 10.3. The van der Waals surface area contributed by atoms with Crippen molar-refractivity contribution in [1.29, 1.82) is 0 Å². The van der Waals surface area contributed by atoms with Crippen molar-refractivity contribution < 1.29 is 9.53 Å². The SMILES string of the molecule is CCOC(C)(C)C(=O)CCc1ccccc1. The largest absolute Gasteiger partial charge is 0.368 e. The molecule has 0 unspecified atom stereocenters. The van der Waals surface area contributed by atoms with Crippen molar-refractivity contribution in [2.24, 2.45) is 0 Å². The predicted molar refractivity (Wildman–Crippen MR) is 65.5 cm³/mol. The lowest BCUT2D eigenvalue weighted by Crippen LogP contribution is -2.35. The Morgan fingerprint density at radius 1 is 1.25 bits per heavy atom. The first-order chi connectivity index (χ1) is 7.56. The van der Waals surface area contributed by atoms with E-state index in [0.717, 1.165) is 6.42 Å². The summed E-state index contributed by atoms with van der Waals surface area (Å²) in [5.41, 5.74) is 0.548. The van der Waals surface area contributed by atoms with Crippen molar-refractivity contribution in [3.05, 3.63) is 35.9 Å². The van der Waals surface area contributed by atoms with Gasteiger partial charge in [-0.3, -0.25) is 4.79 Å². The monoisotopic (exact) mass is 220 g/mol. The van der Waals surface area contributed by atoms with Crippen molar-refractivity contribution in [2.45, 2.75) is 39.2 Å². The molecule has 0 aliphatic carbocycles. The molecule has 0 radical (unpaired) electrons. The minimum atomic E-state index is -0.649. The third kappa shape index (κ3) is 3.78. The molecule has 0 aromatic heterocycles. The molecule has 2 nitrogen and oxygen atoms in total. The molecule has 0 atom stereocenters. The summed E-state index contributed by atoms with van der Waals surface area (Å²) in [4.78, 5) is 11.9. The fourth-order valence-corrected chi connectivity index (χ4v) is 1.64. The summed E-state index contributed by atoms with van der Waals surface area (Å²) in [6, 6.07) is 10.1. The number of carbonyl (C=O) groups excluding carboxylic acids is 1. The van der Waals surface area contributed by atoms with Gasteiger partial charge in [-0.1, -0.05) is 30.3 Å². The average Bonchev–Trinajstić information content (AvgIpc) is 2.27. The van der Waals surface area contributed by atoms with Crippen LogP contribution in [0.15, 0.2) is 30.3 Å². The smallest absolute Gasteiger partial charge is 0.164 e. The lowest BCUT2D eigenvalue weighted by molar-refractivity contribution is -0.139. The number of benzene rings is 1. The summed E-state index contributed by atoms with van der Waals surface area (Å²) in [7, 11) is 0. The molecule has 0 spiro atoms. The van der Waals surface area contributed by atoms with Crippen LogP contribution in [-0.2, 0) is 16.0 Å². The second-order valence-corrected chi connectivity index (χ2v) is 4.35. The Morgan fingerprint density at radius 2 is 1.88 bits per heavy atom. The molecule has 1 aromatic rings. The molecule has 1 aromatic carbocycles. The number of carbonyl (C=O) groups is 1. The number of hydrogen-bond donors (Lipinski definition) is 0. The molecule has 0 aliphatic heterocycles. The first-order valence-corrected chi connectivity index (χ1v) is 5.77. The highest BCUT2D eigenvalue weighted by molar-refractivity contribution is 5.86. The molecule has 0 saturated carbocycles. The summed E-state index contributed by atoms with van der Waals surface area (Å²) in [5.74, 6) is 0.165. The highest BCUT2D eigenvalue weighted by Crippen LogP contribution is 2.14. The molecule has 0 heterocycles. The van der Waals surface area contributed by atoms with Crippen LogP contribution in [0.3, 0.4) is 0 Å². The zero-order chi connectivity index (χ0) is 12.0. The number of rotatable bonds is 6. The molecule has 0 amide bonds. The van der Waals surface area contributed by atoms with E-state index in [1.54, 1.807) is 0 Å². The molecule has 16 heavy (non-hydrogen) atoms. The lowest BCUT2D eigenvalue weighted by Gasteiger charge is -2.22. The van der Waals surface area contributed by atoms with Gasteiger partial charge >= 0.3 is 0 Å². The van der Waals surface area contributed by atoms with Gasteiger partial charge in [0.05, 0.1) is 0 Å². The molecule has 0 saturated heterocycles. The maximum Gasteiger partial charge on any atom is 0.164 e. The third-order valence-corrected chi connectivity index (χ3v) is 2.66. The molecule has 0 fully saturated rings. The van der Waals surface area contributed by atoms with Gasteiger partial charge in [0.15, 0.2) is 5.78 Å². The standard InChI is InChI=1S/C14H20O2/c1-4-16-14(2,3)13(15)11-10-12-8-6-5-7-9-12/h5-9H,4,10-11H2,1-3H3. The predicted octanol–water partition coefficient (Wildman–Crippen LogP) is 3.00. The van der Waals surface area contributed by atoms with Crippen molar-refractivity contribution >= 4 is 5.78 Å². The Morgan fingerprint density at radius 3 is 2.44 bits per heavy atom. The van der Waals surface area contributed by atoms with E-state index < -0.39 is 5.60 Å². The Balaban J connectivity index is 2.47. The highest BCUT2D eigenvalue weighted by Gasteiger charge is 2.26. The van der Waals surface area contributed by atoms with E-state index in [9.17, 15) is 4.79 Å². The summed E-state index contributed by atoms with van der Waals surface area (Å²) >= 11 is 0. The fourth-order valence-electron chi connectivity index (χ4n) is 1.64. The molecular formula is C14H20O2. The van der Waals surface area contributed by atoms with E-state index in [-0.39, 0.29) is 5.78 Å². The molecule has 0 aliphatic rings. The molecule has 88 valence electrons. The second-order valence-electron chi connectivity index (χ2n) is 4.35. The first kappa shape index (κ1) is 12.9. The number of aryl methyl sites for hydroxylation is 1. The molecule has 1 rings (SSSR count). The molecular weight excluding hydrogens is 200 g/mol. The van der Waals surface area contributed by atoms with Gasteiger partial charge in [0.1, 0.15) is 5.60 Å². The molecule has 0 bridgehead atoms. The van der Waals surface area contributed by atoms with Gasteiger partial charge in [-0.2, -0.15) is 0 Å². The van der Waals surface area contributed by atoms with Crippen molar-refractivity contribution in [2.75, 3.05) is 6.61 Å². The second kappa shape index (κ2) is 5.80. The van der Waals surface area contributed by atoms with Crippen LogP contribution < -0.4 is 0 Å². The van der Waals surface area contributed by atoms with Crippen LogP contribution in [0.1, 0.15) is 32.8 Å². The van der Waals surface area contributed by atoms with E-state index >= 15 is 0 Å². The summed E-state index contributed by atoms with van der Waals surface area (Å²) in [6.45, 7) is 6.16. The zero-order valence-electron chi connectivity index (χ0n) is 10.3. The molecule has 0 N–H and O–H groups in total. The summed E-state index contributed by atoms with van der Waals surface area (Å²) < 4.78 is 5.43. The van der Waals surface area contributed by atoms with E-state index in [1.165, 1.54) is 5.56 Å². The maximum absolute atomic E-state index is 11.9. The van der Waals surface area contributed by atoms with Gasteiger partial charge in [0, 0.05) is 13.0 Å². The van der Waals surface area contributed by atoms with Crippen LogP contribution in [0.2, 0.25) is 0 Å². The Hall–Kier alpha value is -1.15. The third-order valence-electron chi connectivity index (χ3n) is 2.66. The van der Waals surface area contributed by atoms with Crippen molar-refractivity contribution in [3.8, 4) is 0 Å². The van der Waals surface area contributed by atoms with Crippen LogP contribution in [-0.4, -0.2) is 18.0 Å². The Bertz CT molecular complexity index is 328. The van der Waals surface area contributed by atoms with Crippen molar-refractivity contribution in [3.63, 3.8) is 0 Å². The minimum absolute atomic E-state index is 0.165. The fraction of sp³-hybridized carbons (Fsp3) is 0.500. The summed E-state index contributed by atoms with van der Waals surface area (Å²) in [5, 5.41) is 0. The van der Waals surface area contributed by atoms with E-state index in [1.807, 2.05) is 51.1 Å². The normalized spacial score (nSPS) is 11.4. The number of ketones is 1. The van der Waals surface area contributed by atoms with Crippen LogP contribution in [0.5, 0.6) is 0 Å². The van der Waals surface area contributed by atoms with Gasteiger partial charge < -0.3 is 4.74 Å². The average molecular weight is 220 g/mol. The van der Waals surface area contributed by atoms with E-state index in [2.05, 4.69) is 0 Å². The van der Waals surface area contributed by atoms with E-state index in [0.29, 0.717) is 13.0 Å². The van der Waals surface area contributed by atoms with Crippen LogP contribution in [0.4, 0.5) is 0 Å². The van der Waals surface area contributed by atoms with Gasteiger partial charge in [-0.15, -0.1) is 0 Å². The Kier molecular flexibility index (Phi) is 4.69. The first-order valence-electron chi connectivity index (χ1n) is 5.77. The lowest BCUT2D eigenvalue weighted by atomic mass is 9.97. The van der Waals surface area contributed by atoms with E-state index in [4.69, 9.17) is 4.74 Å². The number of hydrogen-bond acceptors (Lipinski definition) is 2. The Labute approximate surface area is 97.6 Å². The molecule has 2 heteroatoms. The number of Topliss-reactive ketones (excluding diaryl/α,β-unsaturated/α-hetero) is 1. The quantitative estimate of drug-likeness (QED) is 0.736. The highest BCUT2D eigenvalue weighted by atomic mass is 16.5. The van der Waals surface area contributed by atoms with Crippen molar-refractivity contribution in [1.82, 2.24) is 0 Å². The number of ether oxygens (including phenoxy) is 1.